The Balaban J connectivity index is 1.86. The molecule has 1 aliphatic rings. The maximum Gasteiger partial charge on any atom is 0.254 e. The zero-order valence-corrected chi connectivity index (χ0v) is 13.3. The maximum absolute atomic E-state index is 11.8. The molecule has 0 spiro atoms. The number of amides is 1. The summed E-state index contributed by atoms with van der Waals surface area (Å²) in [6.45, 7) is 5.63. The fourth-order valence-corrected chi connectivity index (χ4v) is 2.69. The fourth-order valence-electron chi connectivity index (χ4n) is 2.69. The lowest BCUT2D eigenvalue weighted by Crippen LogP contribution is -2.38. The lowest BCUT2D eigenvalue weighted by Gasteiger charge is -2.29. The number of pyridine rings is 1. The van der Waals surface area contributed by atoms with Gasteiger partial charge in [0.2, 0.25) is 0 Å². The minimum Gasteiger partial charge on any atom is -0.366 e. The summed E-state index contributed by atoms with van der Waals surface area (Å²) in [5, 5.41) is 3.41. The van der Waals surface area contributed by atoms with E-state index in [1.807, 2.05) is 12.1 Å². The van der Waals surface area contributed by atoms with Gasteiger partial charge < -0.3 is 15.1 Å². The quantitative estimate of drug-likeness (QED) is 0.902. The highest BCUT2D eigenvalue weighted by Crippen LogP contribution is 2.12. The Bertz CT molecular complexity index is 452. The molecule has 0 radical (unpaired) electrons. The largest absolute Gasteiger partial charge is 0.366 e. The predicted molar refractivity (Wildman–Crippen MR) is 85.6 cm³/mol. The van der Waals surface area contributed by atoms with Gasteiger partial charge in [0.25, 0.3) is 5.91 Å². The van der Waals surface area contributed by atoms with Crippen molar-refractivity contribution in [3.8, 4) is 0 Å². The first kappa shape index (κ1) is 15.8. The molecule has 1 aliphatic heterocycles. The third-order valence-electron chi connectivity index (χ3n) is 3.79. The molecule has 1 aromatic heterocycles. The molecule has 1 aromatic rings. The van der Waals surface area contributed by atoms with Gasteiger partial charge in [-0.1, -0.05) is 6.42 Å². The standard InChI is InChI=1S/C16H26N4O/c1-13(12-20-9-5-4-6-10-20)18-15-8-7-14(11-17-15)16(21)19(2)3/h7-8,11,13H,4-6,9-10,12H2,1-3H3,(H,17,18). The summed E-state index contributed by atoms with van der Waals surface area (Å²) < 4.78 is 0. The molecule has 0 saturated carbocycles. The summed E-state index contributed by atoms with van der Waals surface area (Å²) in [5.41, 5.74) is 0.620. The van der Waals surface area contributed by atoms with Crippen LogP contribution in [-0.4, -0.2) is 60.5 Å². The Morgan fingerprint density at radius 3 is 2.62 bits per heavy atom. The average Bonchev–Trinajstić information content (AvgIpc) is 2.48. The summed E-state index contributed by atoms with van der Waals surface area (Å²) in [4.78, 5) is 20.2. The van der Waals surface area contributed by atoms with E-state index >= 15 is 0 Å². The molecule has 2 heterocycles. The molecule has 0 bridgehead atoms. The Morgan fingerprint density at radius 2 is 2.05 bits per heavy atom. The number of rotatable bonds is 5. The molecule has 0 aliphatic carbocycles. The highest BCUT2D eigenvalue weighted by atomic mass is 16.2. The first-order valence-electron chi connectivity index (χ1n) is 7.73. The molecule has 1 fully saturated rings. The number of carbonyl (C=O) groups excluding carboxylic acids is 1. The van der Waals surface area contributed by atoms with Gasteiger partial charge in [0.1, 0.15) is 5.82 Å². The van der Waals surface area contributed by atoms with Crippen molar-refractivity contribution in [2.45, 2.75) is 32.2 Å². The molecule has 2 rings (SSSR count). The van der Waals surface area contributed by atoms with Gasteiger partial charge in [0.15, 0.2) is 0 Å². The fraction of sp³-hybridized carbons (Fsp3) is 0.625. The average molecular weight is 290 g/mol. The molecule has 5 heteroatoms. The summed E-state index contributed by atoms with van der Waals surface area (Å²) in [6, 6.07) is 4.06. The van der Waals surface area contributed by atoms with E-state index in [0.717, 1.165) is 12.4 Å². The van der Waals surface area contributed by atoms with Crippen molar-refractivity contribution in [2.24, 2.45) is 0 Å². The van der Waals surface area contributed by atoms with Crippen LogP contribution < -0.4 is 5.32 Å². The highest BCUT2D eigenvalue weighted by molar-refractivity contribution is 5.93. The first-order valence-corrected chi connectivity index (χ1v) is 7.73. The number of carbonyl (C=O) groups is 1. The number of nitrogens with one attached hydrogen (secondary N) is 1. The van der Waals surface area contributed by atoms with E-state index in [2.05, 4.69) is 22.1 Å². The van der Waals surface area contributed by atoms with Crippen molar-refractivity contribution in [3.05, 3.63) is 23.9 Å². The molecule has 1 amide bonds. The lowest BCUT2D eigenvalue weighted by molar-refractivity contribution is 0.0827. The van der Waals surface area contributed by atoms with Crippen molar-refractivity contribution < 1.29 is 4.79 Å². The van der Waals surface area contributed by atoms with E-state index < -0.39 is 0 Å². The molecule has 1 unspecified atom stereocenters. The van der Waals surface area contributed by atoms with Crippen molar-refractivity contribution in [2.75, 3.05) is 39.0 Å². The van der Waals surface area contributed by atoms with E-state index in [1.165, 1.54) is 32.4 Å². The maximum atomic E-state index is 11.8. The van der Waals surface area contributed by atoms with E-state index in [9.17, 15) is 4.79 Å². The number of hydrogen-bond acceptors (Lipinski definition) is 4. The van der Waals surface area contributed by atoms with Gasteiger partial charge in [-0.15, -0.1) is 0 Å². The van der Waals surface area contributed by atoms with Crippen molar-refractivity contribution in [1.29, 1.82) is 0 Å². The van der Waals surface area contributed by atoms with Crippen LogP contribution in [0.4, 0.5) is 5.82 Å². The van der Waals surface area contributed by atoms with E-state index in [4.69, 9.17) is 0 Å². The molecule has 0 aromatic carbocycles. The molecule has 1 N–H and O–H groups in total. The topological polar surface area (TPSA) is 48.5 Å². The summed E-state index contributed by atoms with van der Waals surface area (Å²) in [5.74, 6) is 0.810. The second-order valence-electron chi connectivity index (χ2n) is 6.04. The number of nitrogens with zero attached hydrogens (tertiary/aromatic N) is 3. The van der Waals surface area contributed by atoms with Crippen LogP contribution in [0.1, 0.15) is 36.5 Å². The Morgan fingerprint density at radius 1 is 1.33 bits per heavy atom. The molecule has 21 heavy (non-hydrogen) atoms. The van der Waals surface area contributed by atoms with Crippen molar-refractivity contribution >= 4 is 11.7 Å². The zero-order valence-electron chi connectivity index (χ0n) is 13.3. The third-order valence-corrected chi connectivity index (χ3v) is 3.79. The van der Waals surface area contributed by atoms with Gasteiger partial charge in [0.05, 0.1) is 5.56 Å². The zero-order chi connectivity index (χ0) is 15.2. The summed E-state index contributed by atoms with van der Waals surface area (Å²) in [6.07, 6.45) is 5.62. The molecular weight excluding hydrogens is 264 g/mol. The summed E-state index contributed by atoms with van der Waals surface area (Å²) >= 11 is 0. The minimum atomic E-state index is -0.0181. The van der Waals surface area contributed by atoms with Crippen LogP contribution in [0.5, 0.6) is 0 Å². The van der Waals surface area contributed by atoms with Crippen LogP contribution in [0.25, 0.3) is 0 Å². The Hall–Kier alpha value is -1.62. The highest BCUT2D eigenvalue weighted by Gasteiger charge is 2.14. The number of piperidine rings is 1. The smallest absolute Gasteiger partial charge is 0.254 e. The van der Waals surface area contributed by atoms with Gasteiger partial charge in [-0.3, -0.25) is 4.79 Å². The molecule has 5 nitrogen and oxygen atoms in total. The second kappa shape index (κ2) is 7.41. The number of hydrogen-bond donors (Lipinski definition) is 1. The van der Waals surface area contributed by atoms with Crippen LogP contribution in [0.2, 0.25) is 0 Å². The minimum absolute atomic E-state index is 0.0181. The molecule has 1 atom stereocenters. The van der Waals surface area contributed by atoms with Crippen molar-refractivity contribution in [3.63, 3.8) is 0 Å². The molecule has 116 valence electrons. The van der Waals surface area contributed by atoms with Gasteiger partial charge in [-0.2, -0.15) is 0 Å². The predicted octanol–water partition coefficient (Wildman–Crippen LogP) is 2.07. The van der Waals surface area contributed by atoms with E-state index in [0.29, 0.717) is 11.6 Å². The van der Waals surface area contributed by atoms with Gasteiger partial charge in [-0.25, -0.2) is 4.98 Å². The van der Waals surface area contributed by atoms with Crippen LogP contribution in [-0.2, 0) is 0 Å². The first-order chi connectivity index (χ1) is 10.1. The van der Waals surface area contributed by atoms with Crippen molar-refractivity contribution in [1.82, 2.24) is 14.8 Å². The number of aromatic nitrogens is 1. The third kappa shape index (κ3) is 4.70. The lowest BCUT2D eigenvalue weighted by atomic mass is 10.1. The normalized spacial score (nSPS) is 17.3. The van der Waals surface area contributed by atoms with Gasteiger partial charge in [0, 0.05) is 32.9 Å². The van der Waals surface area contributed by atoms with Crippen LogP contribution in [0.3, 0.4) is 0 Å². The number of anilines is 1. The van der Waals surface area contributed by atoms with Crippen LogP contribution in [0.15, 0.2) is 18.3 Å². The SMILES string of the molecule is CC(CN1CCCCC1)Nc1ccc(C(=O)N(C)C)cn1. The Kier molecular flexibility index (Phi) is 5.56. The molecular formula is C16H26N4O. The second-order valence-corrected chi connectivity index (χ2v) is 6.04. The van der Waals surface area contributed by atoms with Gasteiger partial charge in [-0.05, 0) is 45.0 Å². The number of likely N-dealkylation sites (tertiary alicyclic amines) is 1. The Labute approximate surface area is 127 Å². The molecule has 1 saturated heterocycles. The van der Waals surface area contributed by atoms with Crippen LogP contribution >= 0.6 is 0 Å². The van der Waals surface area contributed by atoms with Crippen LogP contribution in [0, 0.1) is 0 Å². The van der Waals surface area contributed by atoms with Gasteiger partial charge >= 0.3 is 0 Å². The monoisotopic (exact) mass is 290 g/mol. The van der Waals surface area contributed by atoms with E-state index in [1.54, 1.807) is 25.2 Å². The summed E-state index contributed by atoms with van der Waals surface area (Å²) in [7, 11) is 3.49. The van der Waals surface area contributed by atoms with E-state index in [-0.39, 0.29) is 5.91 Å².